The van der Waals surface area contributed by atoms with Gasteiger partial charge in [-0.3, -0.25) is 4.79 Å². The number of hydrogen-bond acceptors (Lipinski definition) is 4. The van der Waals surface area contributed by atoms with E-state index in [-0.39, 0.29) is 17.3 Å². The number of hydrogen-bond donors (Lipinski definition) is 1. The maximum Gasteiger partial charge on any atom is 0.241 e. The number of nitrogens with one attached hydrogen (secondary N) is 1. The summed E-state index contributed by atoms with van der Waals surface area (Å²) in [7, 11) is -2.12. The second-order valence-corrected chi connectivity index (χ2v) is 7.08. The van der Waals surface area contributed by atoms with Crippen LogP contribution in [0.15, 0.2) is 51.8 Å². The smallest absolute Gasteiger partial charge is 0.241 e. The van der Waals surface area contributed by atoms with Crippen LogP contribution in [0.5, 0.6) is 0 Å². The van der Waals surface area contributed by atoms with Crippen molar-refractivity contribution < 1.29 is 17.6 Å². The Labute approximate surface area is 136 Å². The zero-order valence-corrected chi connectivity index (χ0v) is 14.1. The van der Waals surface area contributed by atoms with Gasteiger partial charge in [-0.2, -0.15) is 4.72 Å². The van der Waals surface area contributed by atoms with Gasteiger partial charge in [0.1, 0.15) is 11.5 Å². The number of likely N-dealkylation sites (N-methyl/N-ethyl adjacent to an activating group) is 1. The van der Waals surface area contributed by atoms with E-state index in [1.54, 1.807) is 31.3 Å². The number of nitrogens with zero attached hydrogens (tertiary/aromatic N) is 1. The molecule has 6 nitrogen and oxygen atoms in total. The minimum Gasteiger partial charge on any atom is -0.464 e. The van der Waals surface area contributed by atoms with Crippen molar-refractivity contribution in [3.63, 3.8) is 0 Å². The molecule has 1 heterocycles. The summed E-state index contributed by atoms with van der Waals surface area (Å²) < 4.78 is 32.3. The average molecular weight is 336 g/mol. The summed E-state index contributed by atoms with van der Waals surface area (Å²) in [5.74, 6) is 1.08. The second-order valence-electron chi connectivity index (χ2n) is 5.36. The summed E-state index contributed by atoms with van der Waals surface area (Å²) in [5.41, 5.74) is 0. The van der Waals surface area contributed by atoms with Crippen LogP contribution in [0.2, 0.25) is 0 Å². The van der Waals surface area contributed by atoms with E-state index in [0.29, 0.717) is 5.76 Å². The Bertz CT molecular complexity index is 768. The van der Waals surface area contributed by atoms with Crippen LogP contribution in [0, 0.1) is 6.92 Å². The molecule has 0 radical (unpaired) electrons. The summed E-state index contributed by atoms with van der Waals surface area (Å²) in [6.07, 6.45) is 0. The molecule has 1 amide bonds. The van der Waals surface area contributed by atoms with Gasteiger partial charge in [0.05, 0.1) is 17.5 Å². The van der Waals surface area contributed by atoms with Gasteiger partial charge in [0.2, 0.25) is 15.9 Å². The predicted octanol–water partition coefficient (Wildman–Crippen LogP) is 1.91. The molecule has 7 heteroatoms. The maximum absolute atomic E-state index is 12.3. The summed E-state index contributed by atoms with van der Waals surface area (Å²) in [6.45, 7) is 3.62. The van der Waals surface area contributed by atoms with Crippen molar-refractivity contribution in [2.24, 2.45) is 0 Å². The van der Waals surface area contributed by atoms with Gasteiger partial charge in [0.15, 0.2) is 0 Å². The summed E-state index contributed by atoms with van der Waals surface area (Å²) in [6, 6.07) is 10.7. The van der Waals surface area contributed by atoms with Crippen molar-refractivity contribution in [1.29, 1.82) is 0 Å². The van der Waals surface area contributed by atoms with Crippen LogP contribution in [0.25, 0.3) is 0 Å². The highest BCUT2D eigenvalue weighted by molar-refractivity contribution is 7.89. The van der Waals surface area contributed by atoms with Crippen molar-refractivity contribution in [3.8, 4) is 0 Å². The number of benzene rings is 1. The Morgan fingerprint density at radius 2 is 1.87 bits per heavy atom. The van der Waals surface area contributed by atoms with Crippen LogP contribution in [-0.2, 0) is 21.4 Å². The molecule has 2 aromatic rings. The molecule has 1 aromatic heterocycles. The van der Waals surface area contributed by atoms with Gasteiger partial charge < -0.3 is 9.32 Å². The van der Waals surface area contributed by atoms with Crippen LogP contribution in [0.4, 0.5) is 0 Å². The molecule has 0 bridgehead atoms. The van der Waals surface area contributed by atoms with E-state index in [1.807, 2.05) is 13.0 Å². The van der Waals surface area contributed by atoms with E-state index in [1.165, 1.54) is 24.0 Å². The highest BCUT2D eigenvalue weighted by Crippen LogP contribution is 2.11. The Morgan fingerprint density at radius 3 is 2.43 bits per heavy atom. The molecular formula is C16H20N2O4S. The summed E-state index contributed by atoms with van der Waals surface area (Å²) in [5, 5.41) is 0. The number of amides is 1. The fourth-order valence-electron chi connectivity index (χ4n) is 2.16. The van der Waals surface area contributed by atoms with E-state index < -0.39 is 16.1 Å². The Kier molecular flexibility index (Phi) is 5.23. The zero-order chi connectivity index (χ0) is 17.0. The lowest BCUT2D eigenvalue weighted by atomic mass is 10.3. The number of furan rings is 1. The van der Waals surface area contributed by atoms with Gasteiger partial charge in [-0.15, -0.1) is 0 Å². The minimum atomic E-state index is -3.73. The van der Waals surface area contributed by atoms with E-state index in [2.05, 4.69) is 4.72 Å². The van der Waals surface area contributed by atoms with E-state index in [9.17, 15) is 13.2 Å². The molecule has 0 spiro atoms. The fourth-order valence-corrected chi connectivity index (χ4v) is 3.38. The van der Waals surface area contributed by atoms with Crippen molar-refractivity contribution >= 4 is 15.9 Å². The van der Waals surface area contributed by atoms with E-state index in [4.69, 9.17) is 4.42 Å². The monoisotopic (exact) mass is 336 g/mol. The van der Waals surface area contributed by atoms with Crippen molar-refractivity contribution in [3.05, 3.63) is 54.0 Å². The first kappa shape index (κ1) is 17.2. The van der Waals surface area contributed by atoms with Crippen molar-refractivity contribution in [2.45, 2.75) is 31.3 Å². The van der Waals surface area contributed by atoms with Gasteiger partial charge in [-0.05, 0) is 38.1 Å². The van der Waals surface area contributed by atoms with Crippen LogP contribution in [0.1, 0.15) is 18.4 Å². The first-order valence-corrected chi connectivity index (χ1v) is 8.65. The maximum atomic E-state index is 12.3. The normalized spacial score (nSPS) is 12.8. The molecule has 0 saturated carbocycles. The van der Waals surface area contributed by atoms with Gasteiger partial charge in [-0.1, -0.05) is 18.2 Å². The third kappa shape index (κ3) is 4.43. The lowest BCUT2D eigenvalue weighted by Gasteiger charge is -2.21. The van der Waals surface area contributed by atoms with Crippen molar-refractivity contribution in [2.75, 3.05) is 7.05 Å². The minimum absolute atomic E-state index is 0.129. The first-order chi connectivity index (χ1) is 10.8. The standard InChI is InChI=1S/C16H20N2O4S/c1-12-9-10-14(22-12)11-18(3)16(19)13(2)17-23(20,21)15-7-5-4-6-8-15/h4-10,13,17H,11H2,1-3H3. The SMILES string of the molecule is Cc1ccc(CN(C)C(=O)C(C)NS(=O)(=O)c2ccccc2)o1. The first-order valence-electron chi connectivity index (χ1n) is 7.17. The molecule has 1 atom stereocenters. The highest BCUT2D eigenvalue weighted by atomic mass is 32.2. The molecule has 124 valence electrons. The second kappa shape index (κ2) is 6.97. The lowest BCUT2D eigenvalue weighted by Crippen LogP contribution is -2.45. The molecule has 1 unspecified atom stereocenters. The number of carbonyl (C=O) groups is 1. The van der Waals surface area contributed by atoms with Crippen molar-refractivity contribution in [1.82, 2.24) is 9.62 Å². The molecule has 0 saturated heterocycles. The lowest BCUT2D eigenvalue weighted by molar-refractivity contribution is -0.132. The topological polar surface area (TPSA) is 79.6 Å². The van der Waals surface area contributed by atoms with Crippen LogP contribution >= 0.6 is 0 Å². The molecular weight excluding hydrogens is 316 g/mol. The zero-order valence-electron chi connectivity index (χ0n) is 13.3. The Hall–Kier alpha value is -2.12. The van der Waals surface area contributed by atoms with Crippen LogP contribution < -0.4 is 4.72 Å². The molecule has 1 aromatic carbocycles. The van der Waals surface area contributed by atoms with Crippen LogP contribution in [-0.4, -0.2) is 32.3 Å². The fraction of sp³-hybridized carbons (Fsp3) is 0.312. The highest BCUT2D eigenvalue weighted by Gasteiger charge is 2.24. The third-order valence-electron chi connectivity index (χ3n) is 3.32. The van der Waals surface area contributed by atoms with Gasteiger partial charge >= 0.3 is 0 Å². The molecule has 1 N–H and O–H groups in total. The molecule has 23 heavy (non-hydrogen) atoms. The third-order valence-corrected chi connectivity index (χ3v) is 4.88. The molecule has 0 aliphatic heterocycles. The van der Waals surface area contributed by atoms with Gasteiger partial charge in [-0.25, -0.2) is 8.42 Å². The summed E-state index contributed by atoms with van der Waals surface area (Å²) in [4.78, 5) is 13.9. The molecule has 2 rings (SSSR count). The number of aryl methyl sites for hydroxylation is 1. The Morgan fingerprint density at radius 1 is 1.22 bits per heavy atom. The van der Waals surface area contributed by atoms with E-state index >= 15 is 0 Å². The predicted molar refractivity (Wildman–Crippen MR) is 86.1 cm³/mol. The Balaban J connectivity index is 2.02. The van der Waals surface area contributed by atoms with Gasteiger partial charge in [0, 0.05) is 7.05 Å². The summed E-state index contributed by atoms with van der Waals surface area (Å²) >= 11 is 0. The molecule has 0 fully saturated rings. The number of rotatable bonds is 6. The largest absolute Gasteiger partial charge is 0.464 e. The van der Waals surface area contributed by atoms with Gasteiger partial charge in [0.25, 0.3) is 0 Å². The molecule has 0 aliphatic rings. The average Bonchev–Trinajstić information content (AvgIpc) is 2.92. The van der Waals surface area contributed by atoms with E-state index in [0.717, 1.165) is 5.76 Å². The quantitative estimate of drug-likeness (QED) is 0.874. The van der Waals surface area contributed by atoms with Crippen LogP contribution in [0.3, 0.4) is 0 Å². The number of carbonyl (C=O) groups excluding carboxylic acids is 1. The molecule has 0 aliphatic carbocycles. The number of sulfonamides is 1.